The van der Waals surface area contributed by atoms with Gasteiger partial charge in [-0.2, -0.15) is 0 Å². The normalized spacial score (nSPS) is 14.6. The molecule has 1 aliphatic carbocycles. The Hall–Kier alpha value is -2.49. The van der Waals surface area contributed by atoms with E-state index in [4.69, 9.17) is 4.74 Å². The average Bonchev–Trinajstić information content (AvgIpc) is 2.73. The molecular weight excluding hydrogens is 336 g/mol. The van der Waals surface area contributed by atoms with E-state index in [1.54, 1.807) is 0 Å². The standard InChI is InChI=1S/C23H30N2O2/c1-25(21-12-6-3-7-13-21)23(26)18-24-20-11-8-14-22(17-20)27-16-15-19-9-4-2-5-10-19/h2,4-5,8-11,14,17,21,24H,3,6-7,12-13,15-16,18H2,1H3. The van der Waals surface area contributed by atoms with Crippen molar-refractivity contribution >= 4 is 11.6 Å². The van der Waals surface area contributed by atoms with Gasteiger partial charge < -0.3 is 15.0 Å². The van der Waals surface area contributed by atoms with Crippen molar-refractivity contribution < 1.29 is 9.53 Å². The molecule has 4 heteroatoms. The van der Waals surface area contributed by atoms with E-state index in [-0.39, 0.29) is 5.91 Å². The molecule has 0 heterocycles. The predicted octanol–water partition coefficient (Wildman–Crippen LogP) is 4.51. The van der Waals surface area contributed by atoms with Gasteiger partial charge in [0.1, 0.15) is 5.75 Å². The van der Waals surface area contributed by atoms with Gasteiger partial charge in [0.05, 0.1) is 13.2 Å². The summed E-state index contributed by atoms with van der Waals surface area (Å²) >= 11 is 0. The quantitative estimate of drug-likeness (QED) is 0.747. The molecule has 0 aromatic heterocycles. The van der Waals surface area contributed by atoms with E-state index in [2.05, 4.69) is 17.4 Å². The second-order valence-corrected chi connectivity index (χ2v) is 7.26. The fourth-order valence-electron chi connectivity index (χ4n) is 3.60. The first-order valence-corrected chi connectivity index (χ1v) is 9.99. The molecule has 2 aromatic carbocycles. The number of anilines is 1. The minimum absolute atomic E-state index is 0.150. The number of carbonyl (C=O) groups is 1. The molecule has 0 bridgehead atoms. The third-order valence-corrected chi connectivity index (χ3v) is 5.30. The number of hydrogen-bond donors (Lipinski definition) is 1. The number of amides is 1. The Labute approximate surface area is 162 Å². The van der Waals surface area contributed by atoms with Gasteiger partial charge in [0.2, 0.25) is 5.91 Å². The molecule has 1 aliphatic rings. The average molecular weight is 367 g/mol. The Bertz CT molecular complexity index is 711. The minimum Gasteiger partial charge on any atom is -0.493 e. The molecule has 1 amide bonds. The Morgan fingerprint density at radius 2 is 1.85 bits per heavy atom. The summed E-state index contributed by atoms with van der Waals surface area (Å²) in [6.07, 6.45) is 6.91. The molecule has 27 heavy (non-hydrogen) atoms. The molecule has 1 saturated carbocycles. The Morgan fingerprint density at radius 1 is 1.07 bits per heavy atom. The third-order valence-electron chi connectivity index (χ3n) is 5.30. The van der Waals surface area contributed by atoms with Crippen molar-refractivity contribution in [1.82, 2.24) is 4.90 Å². The monoisotopic (exact) mass is 366 g/mol. The summed E-state index contributed by atoms with van der Waals surface area (Å²) in [5.41, 5.74) is 2.18. The van der Waals surface area contributed by atoms with Crippen molar-refractivity contribution in [3.8, 4) is 5.75 Å². The van der Waals surface area contributed by atoms with Crippen LogP contribution >= 0.6 is 0 Å². The Morgan fingerprint density at radius 3 is 2.63 bits per heavy atom. The second kappa shape index (κ2) is 10.0. The molecule has 0 saturated heterocycles. The van der Waals surface area contributed by atoms with Crippen molar-refractivity contribution in [3.63, 3.8) is 0 Å². The SMILES string of the molecule is CN(C(=O)CNc1cccc(OCCc2ccccc2)c1)C1CCCCC1. The summed E-state index contributed by atoms with van der Waals surface area (Å²) in [7, 11) is 1.93. The van der Waals surface area contributed by atoms with Crippen LogP contribution in [-0.4, -0.2) is 37.0 Å². The molecular formula is C23H30N2O2. The van der Waals surface area contributed by atoms with Gasteiger partial charge in [-0.1, -0.05) is 55.7 Å². The summed E-state index contributed by atoms with van der Waals surface area (Å²) in [4.78, 5) is 14.4. The smallest absolute Gasteiger partial charge is 0.241 e. The zero-order chi connectivity index (χ0) is 18.9. The van der Waals surface area contributed by atoms with E-state index in [0.717, 1.165) is 30.7 Å². The zero-order valence-corrected chi connectivity index (χ0v) is 16.2. The van der Waals surface area contributed by atoms with Crippen molar-refractivity contribution in [2.75, 3.05) is 25.5 Å². The van der Waals surface area contributed by atoms with Gasteiger partial charge in [-0.25, -0.2) is 0 Å². The summed E-state index contributed by atoms with van der Waals surface area (Å²) < 4.78 is 5.86. The number of likely N-dealkylation sites (N-methyl/N-ethyl adjacent to an activating group) is 1. The van der Waals surface area contributed by atoms with Crippen molar-refractivity contribution in [1.29, 1.82) is 0 Å². The van der Waals surface area contributed by atoms with Crippen LogP contribution in [0.25, 0.3) is 0 Å². The van der Waals surface area contributed by atoms with Gasteiger partial charge in [0, 0.05) is 31.3 Å². The van der Waals surface area contributed by atoms with Crippen molar-refractivity contribution in [2.45, 2.75) is 44.6 Å². The van der Waals surface area contributed by atoms with Crippen molar-refractivity contribution in [2.24, 2.45) is 0 Å². The highest BCUT2D eigenvalue weighted by molar-refractivity contribution is 5.81. The van der Waals surface area contributed by atoms with Crippen LogP contribution in [0.15, 0.2) is 54.6 Å². The zero-order valence-electron chi connectivity index (χ0n) is 16.2. The lowest BCUT2D eigenvalue weighted by molar-refractivity contribution is -0.130. The fraction of sp³-hybridized carbons (Fsp3) is 0.435. The summed E-state index contributed by atoms with van der Waals surface area (Å²) in [6, 6.07) is 18.6. The molecule has 0 radical (unpaired) electrons. The molecule has 144 valence electrons. The summed E-state index contributed by atoms with van der Waals surface area (Å²) in [5, 5.41) is 3.24. The van der Waals surface area contributed by atoms with Gasteiger partial charge >= 0.3 is 0 Å². The van der Waals surface area contributed by atoms with Crippen LogP contribution in [0.2, 0.25) is 0 Å². The Kier molecular flexibility index (Phi) is 7.14. The lowest BCUT2D eigenvalue weighted by Gasteiger charge is -2.31. The first-order chi connectivity index (χ1) is 13.2. The molecule has 0 aliphatic heterocycles. The summed E-state index contributed by atoms with van der Waals surface area (Å²) in [6.45, 7) is 0.956. The molecule has 1 N–H and O–H groups in total. The van der Waals surface area contributed by atoms with Crippen LogP contribution in [-0.2, 0) is 11.2 Å². The first kappa shape index (κ1) is 19.3. The minimum atomic E-state index is 0.150. The summed E-state index contributed by atoms with van der Waals surface area (Å²) in [5.74, 6) is 0.973. The van der Waals surface area contributed by atoms with E-state index in [0.29, 0.717) is 19.2 Å². The molecule has 0 atom stereocenters. The highest BCUT2D eigenvalue weighted by Crippen LogP contribution is 2.22. The molecule has 3 rings (SSSR count). The van der Waals surface area contributed by atoms with Crippen LogP contribution < -0.4 is 10.1 Å². The van der Waals surface area contributed by atoms with Gasteiger partial charge in [-0.05, 0) is 30.5 Å². The van der Waals surface area contributed by atoms with Gasteiger partial charge in [-0.3, -0.25) is 4.79 Å². The molecule has 1 fully saturated rings. The van der Waals surface area contributed by atoms with Crippen LogP contribution in [0.4, 0.5) is 5.69 Å². The van der Waals surface area contributed by atoms with E-state index >= 15 is 0 Å². The highest BCUT2D eigenvalue weighted by Gasteiger charge is 2.21. The predicted molar refractivity (Wildman–Crippen MR) is 110 cm³/mol. The third kappa shape index (κ3) is 6.02. The number of nitrogens with zero attached hydrogens (tertiary/aromatic N) is 1. The topological polar surface area (TPSA) is 41.6 Å². The lowest BCUT2D eigenvalue weighted by atomic mass is 9.94. The van der Waals surface area contributed by atoms with E-state index < -0.39 is 0 Å². The number of nitrogens with one attached hydrogen (secondary N) is 1. The van der Waals surface area contributed by atoms with Crippen LogP contribution in [0.5, 0.6) is 5.75 Å². The van der Waals surface area contributed by atoms with Crippen LogP contribution in [0.3, 0.4) is 0 Å². The maximum atomic E-state index is 12.5. The first-order valence-electron chi connectivity index (χ1n) is 9.99. The largest absolute Gasteiger partial charge is 0.493 e. The number of rotatable bonds is 8. The van der Waals surface area contributed by atoms with E-state index in [1.165, 1.54) is 24.8 Å². The Balaban J connectivity index is 1.45. The van der Waals surface area contributed by atoms with E-state index in [9.17, 15) is 4.79 Å². The number of benzene rings is 2. The fourth-order valence-corrected chi connectivity index (χ4v) is 3.60. The molecule has 0 unspecified atom stereocenters. The lowest BCUT2D eigenvalue weighted by Crippen LogP contribution is -2.41. The van der Waals surface area contributed by atoms with Gasteiger partial charge in [0.15, 0.2) is 0 Å². The molecule has 2 aromatic rings. The maximum Gasteiger partial charge on any atom is 0.241 e. The van der Waals surface area contributed by atoms with Crippen LogP contribution in [0.1, 0.15) is 37.7 Å². The van der Waals surface area contributed by atoms with Gasteiger partial charge in [-0.15, -0.1) is 0 Å². The number of hydrogen-bond acceptors (Lipinski definition) is 3. The van der Waals surface area contributed by atoms with Crippen LogP contribution in [0, 0.1) is 0 Å². The van der Waals surface area contributed by atoms with Gasteiger partial charge in [0.25, 0.3) is 0 Å². The maximum absolute atomic E-state index is 12.5. The number of carbonyl (C=O) groups excluding carboxylic acids is 1. The molecule has 4 nitrogen and oxygen atoms in total. The number of ether oxygens (including phenoxy) is 1. The van der Waals surface area contributed by atoms with Crippen molar-refractivity contribution in [3.05, 3.63) is 60.2 Å². The van der Waals surface area contributed by atoms with E-state index in [1.807, 2.05) is 54.4 Å². The second-order valence-electron chi connectivity index (χ2n) is 7.26. The highest BCUT2D eigenvalue weighted by atomic mass is 16.5. The molecule has 0 spiro atoms.